The van der Waals surface area contributed by atoms with Gasteiger partial charge in [-0.25, -0.2) is 0 Å². The van der Waals surface area contributed by atoms with E-state index in [1.54, 1.807) is 0 Å². The number of aliphatic hydroxyl groups is 1. The molecule has 0 aromatic heterocycles. The number of hydrogen-bond acceptors (Lipinski definition) is 3. The number of aliphatic hydroxyl groups excluding tert-OH is 1. The zero-order valence-electron chi connectivity index (χ0n) is 11.6. The van der Waals surface area contributed by atoms with Crippen LogP contribution in [0.5, 0.6) is 0 Å². The molecule has 102 valence electrons. The number of nitrogens with one attached hydrogen (secondary N) is 1. The first-order valence-electron chi connectivity index (χ1n) is 7.07. The zero-order valence-corrected chi connectivity index (χ0v) is 11.6. The van der Waals surface area contributed by atoms with Crippen molar-refractivity contribution in [2.45, 2.75) is 58.6 Å². The van der Waals surface area contributed by atoms with Gasteiger partial charge in [-0.1, -0.05) is 20.8 Å². The summed E-state index contributed by atoms with van der Waals surface area (Å²) >= 11 is 0. The predicted molar refractivity (Wildman–Crippen MR) is 71.1 cm³/mol. The molecule has 1 aliphatic rings. The maximum absolute atomic E-state index is 9.76. The molecule has 0 aromatic carbocycles. The van der Waals surface area contributed by atoms with Gasteiger partial charge in [-0.2, -0.15) is 0 Å². The van der Waals surface area contributed by atoms with Crippen molar-refractivity contribution in [1.82, 2.24) is 5.32 Å². The molecule has 2 N–H and O–H groups in total. The minimum Gasteiger partial charge on any atom is -0.389 e. The van der Waals surface area contributed by atoms with Crippen LogP contribution in [0.25, 0.3) is 0 Å². The lowest BCUT2D eigenvalue weighted by atomic mass is 9.87. The van der Waals surface area contributed by atoms with Crippen LogP contribution < -0.4 is 5.32 Å². The predicted octanol–water partition coefficient (Wildman–Crippen LogP) is 2.19. The SMILES string of the molecule is CC(C)COCC(O)CNC1CCC(C)CC1. The molecule has 0 bridgehead atoms. The summed E-state index contributed by atoms with van der Waals surface area (Å²) in [5.41, 5.74) is 0. The van der Waals surface area contributed by atoms with E-state index < -0.39 is 0 Å². The molecule has 1 saturated carbocycles. The number of rotatable bonds is 7. The van der Waals surface area contributed by atoms with Gasteiger partial charge in [0.2, 0.25) is 0 Å². The highest BCUT2D eigenvalue weighted by molar-refractivity contribution is 4.76. The van der Waals surface area contributed by atoms with E-state index in [2.05, 4.69) is 26.1 Å². The molecule has 0 radical (unpaired) electrons. The van der Waals surface area contributed by atoms with Crippen molar-refractivity contribution in [2.75, 3.05) is 19.8 Å². The minimum atomic E-state index is -0.368. The molecular formula is C14H29NO2. The first-order valence-corrected chi connectivity index (χ1v) is 7.07. The molecule has 3 heteroatoms. The molecule has 0 aromatic rings. The lowest BCUT2D eigenvalue weighted by Gasteiger charge is -2.27. The summed E-state index contributed by atoms with van der Waals surface area (Å²) in [6.45, 7) is 8.41. The van der Waals surface area contributed by atoms with Crippen molar-refractivity contribution in [1.29, 1.82) is 0 Å². The Bertz CT molecular complexity index is 189. The third kappa shape index (κ3) is 7.02. The molecule has 0 aliphatic heterocycles. The van der Waals surface area contributed by atoms with Crippen molar-refractivity contribution in [2.24, 2.45) is 11.8 Å². The zero-order chi connectivity index (χ0) is 12.7. The highest BCUT2D eigenvalue weighted by Gasteiger charge is 2.18. The Hall–Kier alpha value is -0.120. The molecule has 0 saturated heterocycles. The van der Waals surface area contributed by atoms with Gasteiger partial charge in [-0.15, -0.1) is 0 Å². The second-order valence-corrected chi connectivity index (χ2v) is 5.95. The highest BCUT2D eigenvalue weighted by atomic mass is 16.5. The lowest BCUT2D eigenvalue weighted by molar-refractivity contribution is 0.0242. The van der Waals surface area contributed by atoms with Crippen molar-refractivity contribution in [3.8, 4) is 0 Å². The van der Waals surface area contributed by atoms with Crippen molar-refractivity contribution in [3.63, 3.8) is 0 Å². The summed E-state index contributed by atoms with van der Waals surface area (Å²) in [7, 11) is 0. The molecule has 1 atom stereocenters. The summed E-state index contributed by atoms with van der Waals surface area (Å²) < 4.78 is 5.42. The van der Waals surface area contributed by atoms with Gasteiger partial charge in [0.05, 0.1) is 12.7 Å². The molecule has 1 rings (SSSR count). The second kappa shape index (κ2) is 8.06. The molecule has 3 nitrogen and oxygen atoms in total. The van der Waals surface area contributed by atoms with Crippen LogP contribution in [-0.2, 0) is 4.74 Å². The topological polar surface area (TPSA) is 41.5 Å². The van der Waals surface area contributed by atoms with Gasteiger partial charge in [0.25, 0.3) is 0 Å². The van der Waals surface area contributed by atoms with Crippen LogP contribution in [0.3, 0.4) is 0 Å². The molecule has 1 fully saturated rings. The molecule has 1 aliphatic carbocycles. The minimum absolute atomic E-state index is 0.368. The van der Waals surface area contributed by atoms with Crippen LogP contribution >= 0.6 is 0 Å². The third-order valence-electron chi connectivity index (χ3n) is 3.42. The Kier molecular flexibility index (Phi) is 7.09. The Morgan fingerprint density at radius 3 is 2.41 bits per heavy atom. The lowest BCUT2D eigenvalue weighted by Crippen LogP contribution is -2.39. The van der Waals surface area contributed by atoms with Crippen LogP contribution in [0.4, 0.5) is 0 Å². The van der Waals surface area contributed by atoms with E-state index in [-0.39, 0.29) is 6.10 Å². The first-order chi connectivity index (χ1) is 8.08. The van der Waals surface area contributed by atoms with Crippen LogP contribution in [-0.4, -0.2) is 37.0 Å². The van der Waals surface area contributed by atoms with Crippen LogP contribution in [0.1, 0.15) is 46.5 Å². The van der Waals surface area contributed by atoms with E-state index in [9.17, 15) is 5.11 Å². The summed E-state index contributed by atoms with van der Waals surface area (Å²) in [6.07, 6.45) is 4.77. The molecule has 0 spiro atoms. The summed E-state index contributed by atoms with van der Waals surface area (Å²) in [4.78, 5) is 0. The molecule has 0 amide bonds. The highest BCUT2D eigenvalue weighted by Crippen LogP contribution is 2.23. The van der Waals surface area contributed by atoms with Gasteiger partial charge in [0.1, 0.15) is 0 Å². The van der Waals surface area contributed by atoms with Gasteiger partial charge >= 0.3 is 0 Å². The van der Waals surface area contributed by atoms with E-state index in [0.717, 1.165) is 12.5 Å². The monoisotopic (exact) mass is 243 g/mol. The van der Waals surface area contributed by atoms with Crippen molar-refractivity contribution in [3.05, 3.63) is 0 Å². The van der Waals surface area contributed by atoms with Gasteiger partial charge in [0, 0.05) is 19.2 Å². The molecular weight excluding hydrogens is 214 g/mol. The summed E-state index contributed by atoms with van der Waals surface area (Å²) in [6, 6.07) is 0.603. The summed E-state index contributed by atoms with van der Waals surface area (Å²) in [5.74, 6) is 1.42. The van der Waals surface area contributed by atoms with E-state index in [4.69, 9.17) is 4.74 Å². The largest absolute Gasteiger partial charge is 0.389 e. The summed E-state index contributed by atoms with van der Waals surface area (Å²) in [5, 5.41) is 13.2. The smallest absolute Gasteiger partial charge is 0.0897 e. The molecule has 1 unspecified atom stereocenters. The Morgan fingerprint density at radius 1 is 1.18 bits per heavy atom. The maximum atomic E-state index is 9.76. The average Bonchev–Trinajstić information content (AvgIpc) is 2.28. The fraction of sp³-hybridized carbons (Fsp3) is 1.00. The Morgan fingerprint density at radius 2 is 1.82 bits per heavy atom. The quantitative estimate of drug-likeness (QED) is 0.720. The van der Waals surface area contributed by atoms with Crippen LogP contribution in [0, 0.1) is 11.8 Å². The van der Waals surface area contributed by atoms with Crippen molar-refractivity contribution < 1.29 is 9.84 Å². The van der Waals surface area contributed by atoms with E-state index in [1.165, 1.54) is 25.7 Å². The Labute approximate surface area is 106 Å². The van der Waals surface area contributed by atoms with Gasteiger partial charge in [0.15, 0.2) is 0 Å². The fourth-order valence-electron chi connectivity index (χ4n) is 2.27. The van der Waals surface area contributed by atoms with E-state index in [1.807, 2.05) is 0 Å². The van der Waals surface area contributed by atoms with E-state index >= 15 is 0 Å². The van der Waals surface area contributed by atoms with Gasteiger partial charge < -0.3 is 15.2 Å². The first kappa shape index (κ1) is 14.9. The number of hydrogen-bond donors (Lipinski definition) is 2. The Balaban J connectivity index is 2.01. The standard InChI is InChI=1S/C14H29NO2/c1-11(2)9-17-10-14(16)8-15-13-6-4-12(3)5-7-13/h11-16H,4-10H2,1-3H3. The molecule has 17 heavy (non-hydrogen) atoms. The third-order valence-corrected chi connectivity index (χ3v) is 3.42. The molecule has 0 heterocycles. The normalized spacial score (nSPS) is 27.4. The van der Waals surface area contributed by atoms with Crippen molar-refractivity contribution >= 4 is 0 Å². The van der Waals surface area contributed by atoms with Gasteiger partial charge in [-0.3, -0.25) is 0 Å². The number of ether oxygens (including phenoxy) is 1. The fourth-order valence-corrected chi connectivity index (χ4v) is 2.27. The van der Waals surface area contributed by atoms with Gasteiger partial charge in [-0.05, 0) is 37.5 Å². The second-order valence-electron chi connectivity index (χ2n) is 5.95. The van der Waals surface area contributed by atoms with Crippen LogP contribution in [0.2, 0.25) is 0 Å². The van der Waals surface area contributed by atoms with Crippen LogP contribution in [0.15, 0.2) is 0 Å². The maximum Gasteiger partial charge on any atom is 0.0897 e. The van der Waals surface area contributed by atoms with E-state index in [0.29, 0.717) is 25.1 Å². The average molecular weight is 243 g/mol.